The predicted octanol–water partition coefficient (Wildman–Crippen LogP) is 5.60. The molecule has 1 N–H and O–H groups in total. The molecule has 0 bridgehead atoms. The van der Waals surface area contributed by atoms with E-state index in [0.29, 0.717) is 22.8 Å². The molecular formula is C23H25F2NO3S. The number of nitrogens with zero attached hydrogens (tertiary/aromatic N) is 1. The fraction of sp³-hybridized carbons (Fsp3) is 0.348. The SMILES string of the molecule is CC(C)(C)c1cc(/C=C(/C#N)S(=O)(=O)c2ccc(F)cc2F)cc(C(C)(C)C)c1O. The summed E-state index contributed by atoms with van der Waals surface area (Å²) in [7, 11) is -4.51. The Morgan fingerprint density at radius 2 is 1.50 bits per heavy atom. The zero-order valence-electron chi connectivity index (χ0n) is 17.8. The summed E-state index contributed by atoms with van der Waals surface area (Å²) in [5, 5.41) is 20.3. The van der Waals surface area contributed by atoms with Crippen molar-refractivity contribution in [3.8, 4) is 11.8 Å². The van der Waals surface area contributed by atoms with Crippen LogP contribution in [0, 0.1) is 23.0 Å². The Balaban J connectivity index is 2.77. The van der Waals surface area contributed by atoms with Crippen LogP contribution in [0.3, 0.4) is 0 Å². The number of phenols is 1. The zero-order chi connectivity index (χ0) is 23.1. The van der Waals surface area contributed by atoms with Crippen LogP contribution >= 0.6 is 0 Å². The van der Waals surface area contributed by atoms with E-state index in [2.05, 4.69) is 0 Å². The molecule has 2 aromatic carbocycles. The Kier molecular flexibility index (Phi) is 6.16. The summed E-state index contributed by atoms with van der Waals surface area (Å²) < 4.78 is 52.9. The van der Waals surface area contributed by atoms with Gasteiger partial charge in [0.15, 0.2) is 0 Å². The number of phenolic OH excluding ortho intramolecular Hbond substituents is 1. The largest absolute Gasteiger partial charge is 0.507 e. The first kappa shape index (κ1) is 23.6. The third-order valence-corrected chi connectivity index (χ3v) is 6.33. The summed E-state index contributed by atoms with van der Waals surface area (Å²) in [6, 6.07) is 6.90. The van der Waals surface area contributed by atoms with E-state index >= 15 is 0 Å². The first-order chi connectivity index (χ1) is 13.6. The molecule has 160 valence electrons. The van der Waals surface area contributed by atoms with Crippen LogP contribution in [0.4, 0.5) is 8.78 Å². The molecule has 0 atom stereocenters. The fourth-order valence-corrected chi connectivity index (χ4v) is 4.23. The number of hydrogen-bond donors (Lipinski definition) is 1. The number of benzene rings is 2. The van der Waals surface area contributed by atoms with Crippen molar-refractivity contribution in [1.82, 2.24) is 0 Å². The summed E-state index contributed by atoms with van der Waals surface area (Å²) in [4.78, 5) is -1.46. The van der Waals surface area contributed by atoms with Crippen LogP contribution in [0.15, 0.2) is 40.1 Å². The van der Waals surface area contributed by atoms with Gasteiger partial charge in [0, 0.05) is 17.2 Å². The fourth-order valence-electron chi connectivity index (χ4n) is 3.02. The van der Waals surface area contributed by atoms with Crippen molar-refractivity contribution < 1.29 is 22.3 Å². The highest BCUT2D eigenvalue weighted by Crippen LogP contribution is 2.40. The molecule has 7 heteroatoms. The number of nitriles is 1. The summed E-state index contributed by atoms with van der Waals surface area (Å²) in [6.07, 6.45) is 1.14. The van der Waals surface area contributed by atoms with E-state index in [1.54, 1.807) is 18.2 Å². The van der Waals surface area contributed by atoms with Crippen LogP contribution in [0.1, 0.15) is 58.2 Å². The molecule has 30 heavy (non-hydrogen) atoms. The smallest absolute Gasteiger partial charge is 0.219 e. The van der Waals surface area contributed by atoms with Gasteiger partial charge in [-0.1, -0.05) is 41.5 Å². The molecule has 0 unspecified atom stereocenters. The number of allylic oxidation sites excluding steroid dienone is 1. The van der Waals surface area contributed by atoms with Gasteiger partial charge in [-0.05, 0) is 46.7 Å². The number of halogens is 2. The monoisotopic (exact) mass is 433 g/mol. The molecule has 0 saturated heterocycles. The van der Waals surface area contributed by atoms with E-state index in [4.69, 9.17) is 0 Å². The lowest BCUT2D eigenvalue weighted by atomic mass is 9.78. The molecule has 0 saturated carbocycles. The Bertz CT molecular complexity index is 1130. The highest BCUT2D eigenvalue weighted by molar-refractivity contribution is 7.95. The summed E-state index contributed by atoms with van der Waals surface area (Å²) in [5.41, 5.74) is 0.642. The van der Waals surface area contributed by atoms with Crippen LogP contribution in [0.5, 0.6) is 5.75 Å². The van der Waals surface area contributed by atoms with Crippen LogP contribution in [-0.4, -0.2) is 13.5 Å². The van der Waals surface area contributed by atoms with E-state index in [1.165, 1.54) is 0 Å². The van der Waals surface area contributed by atoms with Gasteiger partial charge in [-0.15, -0.1) is 0 Å². The third-order valence-electron chi connectivity index (χ3n) is 4.63. The molecule has 0 fully saturated rings. The average Bonchev–Trinajstić information content (AvgIpc) is 2.58. The Morgan fingerprint density at radius 3 is 1.90 bits per heavy atom. The van der Waals surface area contributed by atoms with Gasteiger partial charge in [0.1, 0.15) is 33.3 Å². The van der Waals surface area contributed by atoms with Gasteiger partial charge in [0.2, 0.25) is 9.84 Å². The molecule has 0 amide bonds. The molecule has 2 rings (SSSR count). The predicted molar refractivity (Wildman–Crippen MR) is 113 cm³/mol. The molecular weight excluding hydrogens is 408 g/mol. The van der Waals surface area contributed by atoms with Crippen LogP contribution in [0.2, 0.25) is 0 Å². The minimum absolute atomic E-state index is 0.109. The lowest BCUT2D eigenvalue weighted by molar-refractivity contribution is 0.423. The number of hydrogen-bond acceptors (Lipinski definition) is 4. The van der Waals surface area contributed by atoms with Crippen molar-refractivity contribution in [2.75, 3.05) is 0 Å². The molecule has 4 nitrogen and oxygen atoms in total. The second kappa shape index (κ2) is 7.84. The Labute approximate surface area is 176 Å². The van der Waals surface area contributed by atoms with Gasteiger partial charge in [0.05, 0.1) is 0 Å². The average molecular weight is 434 g/mol. The summed E-state index contributed by atoms with van der Waals surface area (Å²) >= 11 is 0. The van der Waals surface area contributed by atoms with Crippen molar-refractivity contribution in [2.45, 2.75) is 57.3 Å². The molecule has 0 heterocycles. The van der Waals surface area contributed by atoms with E-state index < -0.39 is 42.1 Å². The lowest BCUT2D eigenvalue weighted by Crippen LogP contribution is -2.17. The van der Waals surface area contributed by atoms with Crippen molar-refractivity contribution in [3.63, 3.8) is 0 Å². The second-order valence-electron chi connectivity index (χ2n) is 9.16. The van der Waals surface area contributed by atoms with Crippen molar-refractivity contribution in [1.29, 1.82) is 5.26 Å². The van der Waals surface area contributed by atoms with Gasteiger partial charge >= 0.3 is 0 Å². The molecule has 0 radical (unpaired) electrons. The van der Waals surface area contributed by atoms with Gasteiger partial charge in [-0.3, -0.25) is 0 Å². The van der Waals surface area contributed by atoms with E-state index in [9.17, 15) is 27.6 Å². The number of sulfone groups is 1. The van der Waals surface area contributed by atoms with E-state index in [-0.39, 0.29) is 5.75 Å². The van der Waals surface area contributed by atoms with Gasteiger partial charge in [-0.25, -0.2) is 17.2 Å². The Morgan fingerprint density at radius 1 is 1.00 bits per heavy atom. The van der Waals surface area contributed by atoms with Gasteiger partial charge in [-0.2, -0.15) is 5.26 Å². The first-order valence-electron chi connectivity index (χ1n) is 9.29. The molecule has 0 spiro atoms. The first-order valence-corrected chi connectivity index (χ1v) is 10.8. The standard InChI is InChI=1S/C23H25F2NO3S/c1-22(2,3)17-10-14(11-18(21(17)27)23(4,5)6)9-16(13-26)30(28,29)20-8-7-15(24)12-19(20)25/h7-12,27H,1-6H3/b16-9-. The number of aromatic hydroxyl groups is 1. The maximum Gasteiger partial charge on any atom is 0.219 e. The minimum Gasteiger partial charge on any atom is -0.507 e. The molecule has 0 aliphatic carbocycles. The van der Waals surface area contributed by atoms with Crippen LogP contribution in [-0.2, 0) is 20.7 Å². The molecule has 0 aliphatic rings. The van der Waals surface area contributed by atoms with Gasteiger partial charge in [0.25, 0.3) is 0 Å². The Hall–Kier alpha value is -2.72. The summed E-state index contributed by atoms with van der Waals surface area (Å²) in [5.74, 6) is -2.08. The van der Waals surface area contributed by atoms with E-state index in [0.717, 1.165) is 18.2 Å². The van der Waals surface area contributed by atoms with Crippen molar-refractivity contribution in [3.05, 3.63) is 63.6 Å². The third kappa shape index (κ3) is 4.71. The van der Waals surface area contributed by atoms with Gasteiger partial charge < -0.3 is 5.11 Å². The van der Waals surface area contributed by atoms with Crippen molar-refractivity contribution in [2.24, 2.45) is 0 Å². The lowest BCUT2D eigenvalue weighted by Gasteiger charge is -2.28. The quantitative estimate of drug-likeness (QED) is 0.505. The van der Waals surface area contributed by atoms with Crippen LogP contribution < -0.4 is 0 Å². The molecule has 0 aromatic heterocycles. The highest BCUT2D eigenvalue weighted by Gasteiger charge is 2.28. The van der Waals surface area contributed by atoms with Crippen molar-refractivity contribution >= 4 is 15.9 Å². The molecule has 2 aromatic rings. The minimum atomic E-state index is -4.51. The maximum absolute atomic E-state index is 14.1. The summed E-state index contributed by atoms with van der Waals surface area (Å²) in [6.45, 7) is 11.4. The topological polar surface area (TPSA) is 78.2 Å². The van der Waals surface area contributed by atoms with Crippen LogP contribution in [0.25, 0.3) is 6.08 Å². The molecule has 0 aliphatic heterocycles. The van der Waals surface area contributed by atoms with E-state index in [1.807, 2.05) is 41.5 Å². The normalized spacial score (nSPS) is 13.2. The maximum atomic E-state index is 14.1. The zero-order valence-corrected chi connectivity index (χ0v) is 18.7. The second-order valence-corrected chi connectivity index (χ2v) is 11.0. The highest BCUT2D eigenvalue weighted by atomic mass is 32.2. The number of rotatable bonds is 3.